The fourth-order valence-corrected chi connectivity index (χ4v) is 2.64. The summed E-state index contributed by atoms with van der Waals surface area (Å²) in [4.78, 5) is 10.8. The zero-order valence-electron chi connectivity index (χ0n) is 9.81. The second-order valence-electron chi connectivity index (χ2n) is 4.23. The average Bonchev–Trinajstić information content (AvgIpc) is 2.28. The molecule has 0 aromatic rings. The highest BCUT2D eigenvalue weighted by Gasteiger charge is 2.21. The average molecular weight is 265 g/mol. The van der Waals surface area contributed by atoms with Crippen LogP contribution in [0.25, 0.3) is 0 Å². The highest BCUT2D eigenvalue weighted by atomic mass is 32.2. The lowest BCUT2D eigenvalue weighted by atomic mass is 9.87. The Labute approximate surface area is 101 Å². The third-order valence-corrected chi connectivity index (χ3v) is 3.84. The third kappa shape index (κ3) is 5.33. The molecule has 1 aliphatic carbocycles. The van der Waals surface area contributed by atoms with Gasteiger partial charge in [-0.25, -0.2) is 9.52 Å². The minimum absolute atomic E-state index is 0.232. The van der Waals surface area contributed by atoms with Crippen molar-refractivity contribution in [3.05, 3.63) is 0 Å². The van der Waals surface area contributed by atoms with Crippen LogP contribution in [-0.2, 0) is 14.9 Å². The molecule has 1 aliphatic rings. The van der Waals surface area contributed by atoms with E-state index in [-0.39, 0.29) is 12.0 Å². The molecule has 0 heterocycles. The number of amides is 1. The molecular weight excluding hydrogens is 246 g/mol. The van der Waals surface area contributed by atoms with Crippen LogP contribution in [0.4, 0.5) is 4.79 Å². The van der Waals surface area contributed by atoms with Crippen molar-refractivity contribution in [2.45, 2.75) is 31.7 Å². The molecule has 0 bridgehead atoms. The lowest BCUT2D eigenvalue weighted by Crippen LogP contribution is -2.42. The summed E-state index contributed by atoms with van der Waals surface area (Å²) in [6, 6.07) is 0.232. The highest BCUT2D eigenvalue weighted by Crippen LogP contribution is 2.22. The van der Waals surface area contributed by atoms with E-state index in [2.05, 4.69) is 9.46 Å². The summed E-state index contributed by atoms with van der Waals surface area (Å²) in [7, 11) is -2.71. The standard InChI is InChI=1S/C9H19N3O4S/c1-16-9(13)12-17(14,15)11-6-7-2-4-8(10)5-3-7/h7-8,11H,2-6,10H2,1H3,(H,12,13). The molecule has 1 rings (SSSR count). The maximum absolute atomic E-state index is 11.4. The summed E-state index contributed by atoms with van der Waals surface area (Å²) >= 11 is 0. The molecule has 17 heavy (non-hydrogen) atoms. The van der Waals surface area contributed by atoms with Crippen LogP contribution in [0.3, 0.4) is 0 Å². The molecule has 4 N–H and O–H groups in total. The minimum atomic E-state index is -3.81. The summed E-state index contributed by atoms with van der Waals surface area (Å²) in [5.74, 6) is 0.282. The first-order valence-electron chi connectivity index (χ1n) is 5.54. The smallest absolute Gasteiger partial charge is 0.421 e. The molecule has 1 saturated carbocycles. The van der Waals surface area contributed by atoms with E-state index in [1.54, 1.807) is 4.72 Å². The summed E-state index contributed by atoms with van der Waals surface area (Å²) in [6.45, 7) is 0.318. The Hall–Kier alpha value is -0.860. The van der Waals surface area contributed by atoms with Crippen LogP contribution in [0.15, 0.2) is 0 Å². The van der Waals surface area contributed by atoms with Gasteiger partial charge in [0.2, 0.25) is 0 Å². The van der Waals surface area contributed by atoms with Gasteiger partial charge < -0.3 is 10.5 Å². The van der Waals surface area contributed by atoms with Gasteiger partial charge in [0.1, 0.15) is 0 Å². The quantitative estimate of drug-likeness (QED) is 0.646. The van der Waals surface area contributed by atoms with Crippen molar-refractivity contribution in [2.75, 3.05) is 13.7 Å². The lowest BCUT2D eigenvalue weighted by molar-refractivity contribution is 0.177. The predicted octanol–water partition coefficient (Wildman–Crippen LogP) is -0.306. The van der Waals surface area contributed by atoms with Crippen molar-refractivity contribution in [1.82, 2.24) is 9.44 Å². The van der Waals surface area contributed by atoms with E-state index in [0.717, 1.165) is 32.8 Å². The Kier molecular flexibility index (Phi) is 5.16. The van der Waals surface area contributed by atoms with Crippen LogP contribution < -0.4 is 15.2 Å². The molecule has 100 valence electrons. The molecule has 0 aromatic carbocycles. The van der Waals surface area contributed by atoms with E-state index in [9.17, 15) is 13.2 Å². The first kappa shape index (κ1) is 14.2. The third-order valence-electron chi connectivity index (χ3n) is 2.86. The van der Waals surface area contributed by atoms with Gasteiger partial charge in [0.25, 0.3) is 0 Å². The van der Waals surface area contributed by atoms with Crippen molar-refractivity contribution in [1.29, 1.82) is 0 Å². The monoisotopic (exact) mass is 265 g/mol. The van der Waals surface area contributed by atoms with E-state index in [0.29, 0.717) is 6.54 Å². The molecule has 0 atom stereocenters. The summed E-state index contributed by atoms with van der Waals surface area (Å²) in [5.41, 5.74) is 5.75. The lowest BCUT2D eigenvalue weighted by Gasteiger charge is -2.25. The van der Waals surface area contributed by atoms with E-state index in [1.807, 2.05) is 0 Å². The molecule has 0 radical (unpaired) electrons. The number of nitrogens with two attached hydrogens (primary N) is 1. The molecule has 8 heteroatoms. The first-order valence-corrected chi connectivity index (χ1v) is 7.02. The number of hydrogen-bond donors (Lipinski definition) is 3. The highest BCUT2D eigenvalue weighted by molar-refractivity contribution is 7.88. The number of nitrogens with one attached hydrogen (secondary N) is 2. The number of hydrogen-bond acceptors (Lipinski definition) is 5. The van der Waals surface area contributed by atoms with Crippen LogP contribution in [0, 0.1) is 5.92 Å². The molecular formula is C9H19N3O4S. The van der Waals surface area contributed by atoms with Crippen molar-refractivity contribution in [3.63, 3.8) is 0 Å². The number of rotatable bonds is 4. The molecule has 7 nitrogen and oxygen atoms in total. The van der Waals surface area contributed by atoms with Gasteiger partial charge in [-0.3, -0.25) is 0 Å². The van der Waals surface area contributed by atoms with E-state index >= 15 is 0 Å². The van der Waals surface area contributed by atoms with Gasteiger partial charge in [0.15, 0.2) is 0 Å². The van der Waals surface area contributed by atoms with E-state index in [4.69, 9.17) is 5.73 Å². The van der Waals surface area contributed by atoms with Crippen molar-refractivity contribution < 1.29 is 17.9 Å². The number of methoxy groups -OCH3 is 1. The van der Waals surface area contributed by atoms with Crippen LogP contribution in [0.1, 0.15) is 25.7 Å². The van der Waals surface area contributed by atoms with Crippen molar-refractivity contribution in [3.8, 4) is 0 Å². The van der Waals surface area contributed by atoms with Crippen LogP contribution in [-0.4, -0.2) is 34.2 Å². The molecule has 0 unspecified atom stereocenters. The summed E-state index contributed by atoms with van der Waals surface area (Å²) < 4.78 is 31.0. The van der Waals surface area contributed by atoms with Crippen LogP contribution in [0.2, 0.25) is 0 Å². The normalized spacial score (nSPS) is 25.3. The molecule has 0 aliphatic heterocycles. The number of carbonyl (C=O) groups excluding carboxylic acids is 1. The first-order chi connectivity index (χ1) is 7.93. The second kappa shape index (κ2) is 6.18. The maximum Gasteiger partial charge on any atom is 0.421 e. The van der Waals surface area contributed by atoms with Crippen LogP contribution in [0.5, 0.6) is 0 Å². The molecule has 1 amide bonds. The molecule has 1 fully saturated rings. The van der Waals surface area contributed by atoms with Gasteiger partial charge in [-0.05, 0) is 31.6 Å². The van der Waals surface area contributed by atoms with E-state index in [1.165, 1.54) is 0 Å². The zero-order valence-corrected chi connectivity index (χ0v) is 10.6. The van der Waals surface area contributed by atoms with Gasteiger partial charge in [-0.2, -0.15) is 13.1 Å². The van der Waals surface area contributed by atoms with Gasteiger partial charge in [-0.1, -0.05) is 0 Å². The Balaban J connectivity index is 2.32. The SMILES string of the molecule is COC(=O)NS(=O)(=O)NCC1CCC(N)CC1. The Morgan fingerprint density at radius 3 is 2.47 bits per heavy atom. The van der Waals surface area contributed by atoms with Gasteiger partial charge in [0.05, 0.1) is 7.11 Å². The Morgan fingerprint density at radius 2 is 1.94 bits per heavy atom. The van der Waals surface area contributed by atoms with Crippen molar-refractivity contribution >= 4 is 16.3 Å². The Morgan fingerprint density at radius 1 is 1.35 bits per heavy atom. The molecule has 0 saturated heterocycles. The predicted molar refractivity (Wildman–Crippen MR) is 62.4 cm³/mol. The fourth-order valence-electron chi connectivity index (χ4n) is 1.81. The van der Waals surface area contributed by atoms with Gasteiger partial charge >= 0.3 is 16.3 Å². The summed E-state index contributed by atoms with van der Waals surface area (Å²) in [6.07, 6.45) is 2.64. The van der Waals surface area contributed by atoms with Gasteiger partial charge in [0, 0.05) is 12.6 Å². The largest absolute Gasteiger partial charge is 0.452 e. The molecule has 0 spiro atoms. The zero-order chi connectivity index (χ0) is 12.9. The topological polar surface area (TPSA) is 111 Å². The van der Waals surface area contributed by atoms with Gasteiger partial charge in [-0.15, -0.1) is 0 Å². The van der Waals surface area contributed by atoms with E-state index < -0.39 is 16.3 Å². The molecule has 0 aromatic heterocycles. The minimum Gasteiger partial charge on any atom is -0.452 e. The Bertz CT molecular complexity index is 349. The number of ether oxygens (including phenoxy) is 1. The summed E-state index contributed by atoms with van der Waals surface area (Å²) in [5, 5.41) is 0. The second-order valence-corrected chi connectivity index (χ2v) is 5.73. The fraction of sp³-hybridized carbons (Fsp3) is 0.889. The number of carbonyl (C=O) groups is 1. The van der Waals surface area contributed by atoms with Crippen LogP contribution >= 0.6 is 0 Å². The maximum atomic E-state index is 11.4. The van der Waals surface area contributed by atoms with Crippen molar-refractivity contribution in [2.24, 2.45) is 11.7 Å².